The lowest BCUT2D eigenvalue weighted by atomic mass is 9.78. The Morgan fingerprint density at radius 2 is 1.61 bits per heavy atom. The molecule has 0 spiro atoms. The van der Waals surface area contributed by atoms with Crippen LogP contribution >= 0.6 is 0 Å². The number of hydrogen-bond acceptors (Lipinski definition) is 0. The molecule has 4 aliphatic heterocycles. The summed E-state index contributed by atoms with van der Waals surface area (Å²) in [6, 6.07) is 1.03. The Kier molecular flexibility index (Phi) is 3.10. The van der Waals surface area contributed by atoms with Crippen molar-refractivity contribution in [2.24, 2.45) is 5.92 Å². The molecule has 0 aromatic heterocycles. The molecular formula is C15H30N3+3. The summed E-state index contributed by atoms with van der Waals surface area (Å²) < 4.78 is 0. The van der Waals surface area contributed by atoms with Gasteiger partial charge in [0.2, 0.25) is 12.3 Å². The van der Waals surface area contributed by atoms with Gasteiger partial charge in [0.15, 0.2) is 0 Å². The first-order valence-corrected chi connectivity index (χ1v) is 8.49. The summed E-state index contributed by atoms with van der Waals surface area (Å²) in [7, 11) is 0. The molecule has 4 aliphatic rings. The molecule has 3 heteroatoms. The van der Waals surface area contributed by atoms with Crippen molar-refractivity contribution in [3.05, 3.63) is 0 Å². The summed E-state index contributed by atoms with van der Waals surface area (Å²) in [5.74, 6) is 1.04. The van der Waals surface area contributed by atoms with Crippen molar-refractivity contribution < 1.29 is 15.1 Å². The lowest BCUT2D eigenvalue weighted by Crippen LogP contribution is -3.47. The molecule has 3 nitrogen and oxygen atoms in total. The highest BCUT2D eigenvalue weighted by molar-refractivity contribution is 4.79. The van der Waals surface area contributed by atoms with Gasteiger partial charge in [-0.05, 0) is 38.5 Å². The van der Waals surface area contributed by atoms with Crippen molar-refractivity contribution >= 4 is 0 Å². The topological polar surface area (TPSA) is 25.5 Å². The van der Waals surface area contributed by atoms with Crippen LogP contribution in [-0.2, 0) is 0 Å². The lowest BCUT2D eigenvalue weighted by Gasteiger charge is -2.53. The lowest BCUT2D eigenvalue weighted by molar-refractivity contribution is -1.21. The molecule has 0 saturated carbocycles. The third-order valence-corrected chi connectivity index (χ3v) is 6.38. The van der Waals surface area contributed by atoms with E-state index in [2.05, 4.69) is 5.32 Å². The molecule has 4 heterocycles. The first kappa shape index (κ1) is 11.7. The minimum Gasteiger partial charge on any atom is -0.297 e. The van der Waals surface area contributed by atoms with Gasteiger partial charge in [-0.1, -0.05) is 0 Å². The van der Waals surface area contributed by atoms with E-state index < -0.39 is 0 Å². The van der Waals surface area contributed by atoms with Crippen LogP contribution < -0.4 is 15.1 Å². The molecule has 0 aromatic carbocycles. The summed E-state index contributed by atoms with van der Waals surface area (Å²) in [6.45, 7) is 4.36. The van der Waals surface area contributed by atoms with Crippen molar-refractivity contribution in [2.75, 3.05) is 19.6 Å². The molecule has 4 rings (SSSR count). The highest BCUT2D eigenvalue weighted by Crippen LogP contribution is 2.22. The average molecular weight is 252 g/mol. The maximum absolute atomic E-state index is 2.73. The van der Waals surface area contributed by atoms with Crippen LogP contribution in [0, 0.1) is 5.92 Å². The van der Waals surface area contributed by atoms with E-state index in [0.29, 0.717) is 0 Å². The molecule has 2 unspecified atom stereocenters. The van der Waals surface area contributed by atoms with E-state index in [0.717, 1.165) is 24.3 Å². The fourth-order valence-electron chi connectivity index (χ4n) is 5.73. The summed E-state index contributed by atoms with van der Waals surface area (Å²) in [4.78, 5) is 4.03. The zero-order chi connectivity index (χ0) is 11.9. The standard InChI is InChI=1S/C15H27N3/c1-3-10-17-13(7-1)12-6-5-9-16-15(12)18-11-4-2-8-14(17)18/h12-16H,1-11H2/p+3/t12-,13+,14+,15+/m0/s1. The molecule has 102 valence electrons. The second kappa shape index (κ2) is 4.77. The predicted molar refractivity (Wildman–Crippen MR) is 70.2 cm³/mol. The van der Waals surface area contributed by atoms with Crippen LogP contribution in [-0.4, -0.2) is 38.0 Å². The fourth-order valence-corrected chi connectivity index (χ4v) is 5.73. The van der Waals surface area contributed by atoms with Gasteiger partial charge in [-0.2, -0.15) is 0 Å². The first-order chi connectivity index (χ1) is 8.95. The van der Waals surface area contributed by atoms with Crippen molar-refractivity contribution in [1.29, 1.82) is 0 Å². The zero-order valence-corrected chi connectivity index (χ0v) is 11.7. The van der Waals surface area contributed by atoms with E-state index in [-0.39, 0.29) is 0 Å². The molecule has 0 aromatic rings. The first-order valence-electron chi connectivity index (χ1n) is 8.49. The van der Waals surface area contributed by atoms with Gasteiger partial charge in [-0.25, -0.2) is 4.90 Å². The van der Waals surface area contributed by atoms with E-state index in [1.54, 1.807) is 0 Å². The Morgan fingerprint density at radius 3 is 2.56 bits per heavy atom. The van der Waals surface area contributed by atoms with E-state index in [1.165, 1.54) is 71.0 Å². The molecule has 4 N–H and O–H groups in total. The maximum atomic E-state index is 2.73. The summed E-state index contributed by atoms with van der Waals surface area (Å²) in [6.07, 6.45) is 14.0. The number of hydrogen-bond donors (Lipinski definition) is 3. The van der Waals surface area contributed by atoms with Crippen molar-refractivity contribution in [1.82, 2.24) is 0 Å². The Labute approximate surface area is 111 Å². The van der Waals surface area contributed by atoms with Crippen LogP contribution in [0.15, 0.2) is 0 Å². The minimum atomic E-state index is 0.941. The minimum absolute atomic E-state index is 0.941. The van der Waals surface area contributed by atoms with Crippen LogP contribution in [0.1, 0.15) is 51.4 Å². The van der Waals surface area contributed by atoms with E-state index in [1.807, 2.05) is 9.80 Å². The molecule has 0 radical (unpaired) electrons. The van der Waals surface area contributed by atoms with Crippen LogP contribution in [0.2, 0.25) is 0 Å². The van der Waals surface area contributed by atoms with E-state index in [4.69, 9.17) is 0 Å². The maximum Gasteiger partial charge on any atom is 0.225 e. The van der Waals surface area contributed by atoms with Gasteiger partial charge in [0.05, 0.1) is 26.1 Å². The van der Waals surface area contributed by atoms with Gasteiger partial charge in [0.25, 0.3) is 0 Å². The number of piperidine rings is 3. The highest BCUT2D eigenvalue weighted by atomic mass is 15.5. The average Bonchev–Trinajstić information content (AvgIpc) is 2.48. The monoisotopic (exact) mass is 252 g/mol. The van der Waals surface area contributed by atoms with Crippen LogP contribution in [0.4, 0.5) is 0 Å². The van der Waals surface area contributed by atoms with Crippen molar-refractivity contribution in [2.45, 2.75) is 69.7 Å². The summed E-state index contributed by atoms with van der Waals surface area (Å²) in [5, 5.41) is 2.73. The van der Waals surface area contributed by atoms with Crippen LogP contribution in [0.25, 0.3) is 0 Å². The molecule has 0 bridgehead atoms. The molecule has 6 atom stereocenters. The van der Waals surface area contributed by atoms with Gasteiger partial charge in [0.1, 0.15) is 12.0 Å². The molecule has 0 amide bonds. The Balaban J connectivity index is 1.64. The highest BCUT2D eigenvalue weighted by Gasteiger charge is 2.57. The Hall–Kier alpha value is -0.120. The quantitative estimate of drug-likeness (QED) is 0.450. The third-order valence-electron chi connectivity index (χ3n) is 6.38. The SMILES string of the molecule is C1C[NH2+][C@H]2[C@@H](C1)[C@H]1CCCC[NH+]1[C@H]1CCCC[NH+]12. The number of quaternary nitrogens is 3. The third kappa shape index (κ3) is 1.75. The summed E-state index contributed by atoms with van der Waals surface area (Å²) in [5.41, 5.74) is 0. The molecule has 0 aliphatic carbocycles. The smallest absolute Gasteiger partial charge is 0.225 e. The van der Waals surface area contributed by atoms with Gasteiger partial charge >= 0.3 is 0 Å². The van der Waals surface area contributed by atoms with Gasteiger partial charge in [-0.15, -0.1) is 0 Å². The zero-order valence-electron chi connectivity index (χ0n) is 11.7. The van der Waals surface area contributed by atoms with Crippen LogP contribution in [0.3, 0.4) is 0 Å². The molecule has 18 heavy (non-hydrogen) atoms. The Morgan fingerprint density at radius 1 is 0.778 bits per heavy atom. The van der Waals surface area contributed by atoms with Gasteiger partial charge < -0.3 is 0 Å². The van der Waals surface area contributed by atoms with Gasteiger partial charge in [-0.3, -0.25) is 10.2 Å². The Bertz CT molecular complexity index is 217. The molecular weight excluding hydrogens is 222 g/mol. The van der Waals surface area contributed by atoms with E-state index in [9.17, 15) is 0 Å². The van der Waals surface area contributed by atoms with E-state index >= 15 is 0 Å². The molecule has 4 fully saturated rings. The fraction of sp³-hybridized carbons (Fsp3) is 1.00. The second-order valence-electron chi connectivity index (χ2n) is 7.16. The van der Waals surface area contributed by atoms with Gasteiger partial charge in [0, 0.05) is 6.42 Å². The number of fused-ring (bicyclic) bond motifs is 6. The molecule has 4 saturated heterocycles. The number of nitrogens with two attached hydrogens (primary N) is 1. The van der Waals surface area contributed by atoms with Crippen molar-refractivity contribution in [3.8, 4) is 0 Å². The van der Waals surface area contributed by atoms with Crippen LogP contribution in [0.5, 0.6) is 0 Å². The van der Waals surface area contributed by atoms with Crippen molar-refractivity contribution in [3.63, 3.8) is 0 Å². The predicted octanol–water partition coefficient (Wildman–Crippen LogP) is -1.87. The second-order valence-corrected chi connectivity index (χ2v) is 7.16. The number of nitrogens with one attached hydrogen (secondary N) is 2. The normalized spacial score (nSPS) is 52.0. The summed E-state index contributed by atoms with van der Waals surface area (Å²) >= 11 is 0. The number of rotatable bonds is 0. The largest absolute Gasteiger partial charge is 0.297 e.